The molecular formula is C57H37N3OS. The predicted molar refractivity (Wildman–Crippen MR) is 257 cm³/mol. The zero-order chi connectivity index (χ0) is 40.7. The van der Waals surface area contributed by atoms with Crippen molar-refractivity contribution in [2.24, 2.45) is 5.92 Å². The Morgan fingerprint density at radius 2 is 1.19 bits per heavy atom. The molecule has 0 bridgehead atoms. The summed E-state index contributed by atoms with van der Waals surface area (Å²) in [5.74, 6) is 2.49. The Morgan fingerprint density at radius 3 is 2.13 bits per heavy atom. The molecule has 3 aliphatic rings. The molecular weight excluding hydrogens is 775 g/mol. The second-order valence-corrected chi connectivity index (χ2v) is 17.5. The van der Waals surface area contributed by atoms with Crippen LogP contribution in [0.15, 0.2) is 186 Å². The Labute approximate surface area is 362 Å². The molecule has 3 aliphatic carbocycles. The number of para-hydroxylation sites is 1. The molecule has 0 spiro atoms. The zero-order valence-corrected chi connectivity index (χ0v) is 34.4. The van der Waals surface area contributed by atoms with Gasteiger partial charge >= 0.3 is 0 Å². The van der Waals surface area contributed by atoms with Crippen LogP contribution in [-0.2, 0) is 6.42 Å². The molecule has 2 unspecified atom stereocenters. The van der Waals surface area contributed by atoms with E-state index in [2.05, 4.69) is 188 Å². The fourth-order valence-electron chi connectivity index (χ4n) is 10.2. The number of rotatable bonds is 5. The third-order valence-electron chi connectivity index (χ3n) is 13.0. The molecule has 0 N–H and O–H groups in total. The second-order valence-electron chi connectivity index (χ2n) is 16.5. The molecule has 2 atom stereocenters. The minimum Gasteiger partial charge on any atom is -0.455 e. The van der Waals surface area contributed by atoms with Crippen LogP contribution in [0.3, 0.4) is 0 Å². The van der Waals surface area contributed by atoms with Crippen molar-refractivity contribution >= 4 is 71.4 Å². The number of aromatic nitrogens is 3. The van der Waals surface area contributed by atoms with Gasteiger partial charge in [0.2, 0.25) is 0 Å². The highest BCUT2D eigenvalue weighted by atomic mass is 32.1. The highest BCUT2D eigenvalue weighted by molar-refractivity contribution is 7.20. The summed E-state index contributed by atoms with van der Waals surface area (Å²) in [6, 6.07) is 54.0. The number of furan rings is 1. The predicted octanol–water partition coefficient (Wildman–Crippen LogP) is 14.9. The van der Waals surface area contributed by atoms with E-state index in [0.717, 1.165) is 78.9 Å². The molecule has 292 valence electrons. The van der Waals surface area contributed by atoms with Crippen LogP contribution < -0.4 is 0 Å². The van der Waals surface area contributed by atoms with Crippen LogP contribution in [0.1, 0.15) is 45.3 Å². The number of allylic oxidation sites excluding steroid dienone is 6. The standard InChI is InChI=1S/C57H37N3OS/c1-3-18-36-34(15-1)17-11-28-45(36)55-58-56(60-57(59-55)48-30-13-27-44-41-23-9-10-32-51(41)62-54(44)48)46-24-8-7-22-40(46)42-25-14-31-50-52(42)47-29-12-26-43(53(47)61-50)49-33-35-16-2-4-19-37(35)38-20-5-6-21-39(38)49/h1-12,14-26,28-33,38-39H,13,27H2. The molecule has 62 heavy (non-hydrogen) atoms. The number of fused-ring (bicyclic) bond motifs is 10. The van der Waals surface area contributed by atoms with E-state index in [1.165, 1.54) is 37.2 Å². The Bertz CT molecular complexity index is 3610. The van der Waals surface area contributed by atoms with Crippen molar-refractivity contribution in [3.8, 4) is 33.9 Å². The van der Waals surface area contributed by atoms with E-state index in [4.69, 9.17) is 19.4 Å². The first-order chi connectivity index (χ1) is 30.7. The molecule has 3 heterocycles. The lowest BCUT2D eigenvalue weighted by atomic mass is 9.71. The molecule has 0 amide bonds. The molecule has 0 saturated carbocycles. The molecule has 13 rings (SSSR count). The minimum atomic E-state index is 0.214. The summed E-state index contributed by atoms with van der Waals surface area (Å²) in [7, 11) is 0. The van der Waals surface area contributed by atoms with Gasteiger partial charge in [0.1, 0.15) is 11.2 Å². The first-order valence-corrected chi connectivity index (χ1v) is 22.2. The molecule has 7 aromatic carbocycles. The van der Waals surface area contributed by atoms with E-state index in [9.17, 15) is 0 Å². The molecule has 5 heteroatoms. The van der Waals surface area contributed by atoms with Crippen LogP contribution in [0.2, 0.25) is 0 Å². The Balaban J connectivity index is 1.01. The van der Waals surface area contributed by atoms with Crippen molar-refractivity contribution < 1.29 is 4.42 Å². The van der Waals surface area contributed by atoms with Gasteiger partial charge in [0.25, 0.3) is 0 Å². The van der Waals surface area contributed by atoms with Crippen molar-refractivity contribution in [2.45, 2.75) is 18.8 Å². The SMILES string of the molecule is C1=CC2C(c3cccc4c3oc3cccc(-c5ccccc5-c5nc(C6=CCCc7c6sc6ccccc76)nc(-c6cccc7ccccc67)n5)c34)=Cc3ccccc3C2C=C1. The van der Waals surface area contributed by atoms with Crippen LogP contribution in [0.5, 0.6) is 0 Å². The number of benzene rings is 7. The van der Waals surface area contributed by atoms with Crippen molar-refractivity contribution in [1.29, 1.82) is 0 Å². The largest absolute Gasteiger partial charge is 0.455 e. The number of aryl methyl sites for hydroxylation is 1. The van der Waals surface area contributed by atoms with E-state index < -0.39 is 0 Å². The Kier molecular flexibility index (Phi) is 8.00. The second kappa shape index (κ2) is 14.1. The monoisotopic (exact) mass is 811 g/mol. The van der Waals surface area contributed by atoms with E-state index in [1.807, 2.05) is 11.3 Å². The Hall–Kier alpha value is -7.47. The molecule has 3 aromatic heterocycles. The first-order valence-electron chi connectivity index (χ1n) is 21.4. The third kappa shape index (κ3) is 5.48. The fraction of sp³-hybridized carbons (Fsp3) is 0.0702. The average Bonchev–Trinajstić information content (AvgIpc) is 3.92. The molecule has 0 radical (unpaired) electrons. The van der Waals surface area contributed by atoms with Gasteiger partial charge in [0.05, 0.1) is 0 Å². The van der Waals surface area contributed by atoms with Crippen LogP contribution in [0.4, 0.5) is 0 Å². The highest BCUT2D eigenvalue weighted by Gasteiger charge is 2.32. The van der Waals surface area contributed by atoms with E-state index in [0.29, 0.717) is 17.5 Å². The van der Waals surface area contributed by atoms with Crippen molar-refractivity contribution in [1.82, 2.24) is 15.0 Å². The third-order valence-corrected chi connectivity index (χ3v) is 14.3. The van der Waals surface area contributed by atoms with Gasteiger partial charge < -0.3 is 4.42 Å². The maximum Gasteiger partial charge on any atom is 0.165 e. The number of hydrogen-bond donors (Lipinski definition) is 0. The topological polar surface area (TPSA) is 51.8 Å². The molecule has 0 fully saturated rings. The molecule has 10 aromatic rings. The van der Waals surface area contributed by atoms with Crippen LogP contribution in [-0.4, -0.2) is 15.0 Å². The summed E-state index contributed by atoms with van der Waals surface area (Å²) in [6.45, 7) is 0. The van der Waals surface area contributed by atoms with Gasteiger partial charge in [-0.3, -0.25) is 0 Å². The van der Waals surface area contributed by atoms with Crippen LogP contribution in [0, 0.1) is 5.92 Å². The van der Waals surface area contributed by atoms with E-state index >= 15 is 0 Å². The summed E-state index contributed by atoms with van der Waals surface area (Å²) in [5.41, 5.74) is 13.3. The normalized spacial score (nSPS) is 16.6. The van der Waals surface area contributed by atoms with Gasteiger partial charge in [-0.1, -0.05) is 176 Å². The van der Waals surface area contributed by atoms with E-state index in [1.54, 1.807) is 0 Å². The number of thiophene rings is 1. The number of hydrogen-bond acceptors (Lipinski definition) is 5. The molecule has 4 nitrogen and oxygen atoms in total. The van der Waals surface area contributed by atoms with E-state index in [-0.39, 0.29) is 11.8 Å². The summed E-state index contributed by atoms with van der Waals surface area (Å²) in [4.78, 5) is 17.4. The molecule has 0 saturated heterocycles. The number of nitrogens with zero attached hydrogens (tertiary/aromatic N) is 3. The van der Waals surface area contributed by atoms with Crippen molar-refractivity contribution in [2.75, 3.05) is 0 Å². The fourth-order valence-corrected chi connectivity index (χ4v) is 11.5. The molecule has 0 aliphatic heterocycles. The van der Waals surface area contributed by atoms with Gasteiger partial charge in [-0.15, -0.1) is 11.3 Å². The van der Waals surface area contributed by atoms with Crippen LogP contribution >= 0.6 is 11.3 Å². The van der Waals surface area contributed by atoms with Gasteiger partial charge in [0, 0.05) is 54.4 Å². The quantitative estimate of drug-likeness (QED) is 0.174. The lowest BCUT2D eigenvalue weighted by molar-refractivity contribution is 0.663. The Morgan fingerprint density at radius 1 is 0.532 bits per heavy atom. The van der Waals surface area contributed by atoms with Gasteiger partial charge in [0.15, 0.2) is 17.5 Å². The lowest BCUT2D eigenvalue weighted by Crippen LogP contribution is -2.17. The summed E-state index contributed by atoms with van der Waals surface area (Å²) >= 11 is 1.84. The maximum absolute atomic E-state index is 6.96. The average molecular weight is 812 g/mol. The summed E-state index contributed by atoms with van der Waals surface area (Å²) in [5, 5.41) is 5.76. The lowest BCUT2D eigenvalue weighted by Gasteiger charge is -2.32. The van der Waals surface area contributed by atoms with Gasteiger partial charge in [-0.2, -0.15) is 0 Å². The van der Waals surface area contributed by atoms with Gasteiger partial charge in [-0.25, -0.2) is 15.0 Å². The minimum absolute atomic E-state index is 0.214. The zero-order valence-electron chi connectivity index (χ0n) is 33.6. The summed E-state index contributed by atoms with van der Waals surface area (Å²) in [6.07, 6.45) is 15.7. The smallest absolute Gasteiger partial charge is 0.165 e. The van der Waals surface area contributed by atoms with Crippen molar-refractivity contribution in [3.63, 3.8) is 0 Å². The summed E-state index contributed by atoms with van der Waals surface area (Å²) < 4.78 is 8.25. The first kappa shape index (κ1) is 35.3. The van der Waals surface area contributed by atoms with Gasteiger partial charge in [-0.05, 0) is 74.5 Å². The van der Waals surface area contributed by atoms with Crippen LogP contribution in [0.25, 0.3) is 93.9 Å². The highest BCUT2D eigenvalue weighted by Crippen LogP contribution is 2.49. The maximum atomic E-state index is 6.96. The van der Waals surface area contributed by atoms with Crippen molar-refractivity contribution in [3.05, 3.63) is 215 Å².